The van der Waals surface area contributed by atoms with E-state index in [1.807, 2.05) is 13.0 Å². The Kier molecular flexibility index (Phi) is 5.02. The van der Waals surface area contributed by atoms with E-state index in [-0.39, 0.29) is 23.7 Å². The molecule has 136 valence electrons. The summed E-state index contributed by atoms with van der Waals surface area (Å²) in [4.78, 5) is 17.4. The molecule has 4 rings (SSSR count). The van der Waals surface area contributed by atoms with Crippen LogP contribution < -0.4 is 10.6 Å². The third-order valence-electron chi connectivity index (χ3n) is 5.36. The van der Waals surface area contributed by atoms with Crippen LogP contribution in [-0.4, -0.2) is 35.7 Å². The summed E-state index contributed by atoms with van der Waals surface area (Å²) in [6, 6.07) is 1.93. The zero-order valence-corrected chi connectivity index (χ0v) is 15.5. The Morgan fingerprint density at radius 3 is 2.80 bits per heavy atom. The van der Waals surface area contributed by atoms with Crippen molar-refractivity contribution in [2.45, 2.75) is 45.4 Å². The number of nitrogens with one attached hydrogen (secondary N) is 2. The first kappa shape index (κ1) is 18.1. The van der Waals surface area contributed by atoms with Gasteiger partial charge in [0.05, 0.1) is 16.6 Å². The van der Waals surface area contributed by atoms with Crippen molar-refractivity contribution in [2.24, 2.45) is 5.41 Å². The molecule has 2 aromatic heterocycles. The van der Waals surface area contributed by atoms with Crippen LogP contribution in [0.2, 0.25) is 0 Å². The molecule has 1 aliphatic heterocycles. The highest BCUT2D eigenvalue weighted by Crippen LogP contribution is 2.40. The molecule has 3 heterocycles. The summed E-state index contributed by atoms with van der Waals surface area (Å²) in [6.45, 7) is 6.83. The van der Waals surface area contributed by atoms with Gasteiger partial charge in [-0.2, -0.15) is 0 Å². The van der Waals surface area contributed by atoms with E-state index in [4.69, 9.17) is 4.52 Å². The number of rotatable bonds is 4. The average Bonchev–Trinajstić information content (AvgIpc) is 3.37. The molecule has 2 aliphatic rings. The highest BCUT2D eigenvalue weighted by molar-refractivity contribution is 6.06. The van der Waals surface area contributed by atoms with Gasteiger partial charge >= 0.3 is 0 Å². The van der Waals surface area contributed by atoms with E-state index in [2.05, 4.69) is 27.7 Å². The minimum absolute atomic E-state index is 0. The quantitative estimate of drug-likeness (QED) is 0.871. The Labute approximate surface area is 153 Å². The van der Waals surface area contributed by atoms with Crippen molar-refractivity contribution in [2.75, 3.05) is 19.6 Å². The fourth-order valence-electron chi connectivity index (χ4n) is 3.48. The van der Waals surface area contributed by atoms with Crippen molar-refractivity contribution >= 4 is 29.4 Å². The zero-order valence-electron chi connectivity index (χ0n) is 14.7. The third kappa shape index (κ3) is 3.65. The first-order valence-electron chi connectivity index (χ1n) is 8.82. The molecule has 0 radical (unpaired) electrons. The van der Waals surface area contributed by atoms with Gasteiger partial charge in [-0.1, -0.05) is 12.1 Å². The van der Waals surface area contributed by atoms with Crippen LogP contribution in [0, 0.1) is 12.3 Å². The molecule has 0 unspecified atom stereocenters. The highest BCUT2D eigenvalue weighted by atomic mass is 35.5. The van der Waals surface area contributed by atoms with Crippen molar-refractivity contribution in [3.8, 4) is 0 Å². The van der Waals surface area contributed by atoms with E-state index in [0.29, 0.717) is 23.7 Å². The molecule has 1 saturated heterocycles. The van der Waals surface area contributed by atoms with Crippen LogP contribution >= 0.6 is 12.4 Å². The third-order valence-corrected chi connectivity index (χ3v) is 5.36. The normalized spacial score (nSPS) is 19.4. The number of carbonyl (C=O) groups is 1. The van der Waals surface area contributed by atoms with E-state index in [1.165, 1.54) is 0 Å². The number of amides is 1. The van der Waals surface area contributed by atoms with Crippen molar-refractivity contribution < 1.29 is 9.32 Å². The maximum atomic E-state index is 12.9. The van der Waals surface area contributed by atoms with Crippen LogP contribution in [0.1, 0.15) is 60.3 Å². The minimum Gasteiger partial charge on any atom is -0.351 e. The lowest BCUT2D eigenvalue weighted by atomic mass is 9.81. The Bertz CT molecular complexity index is 779. The van der Waals surface area contributed by atoms with Gasteiger partial charge in [0.25, 0.3) is 11.6 Å². The van der Waals surface area contributed by atoms with Gasteiger partial charge in [-0.25, -0.2) is 4.98 Å². The summed E-state index contributed by atoms with van der Waals surface area (Å²) in [5.74, 6) is 0.420. The summed E-state index contributed by atoms with van der Waals surface area (Å²) < 4.78 is 5.32. The topological polar surface area (TPSA) is 80.0 Å². The number of pyridine rings is 1. The number of aromatic nitrogens is 2. The van der Waals surface area contributed by atoms with Gasteiger partial charge in [0, 0.05) is 18.2 Å². The van der Waals surface area contributed by atoms with Gasteiger partial charge in [0.15, 0.2) is 0 Å². The summed E-state index contributed by atoms with van der Waals surface area (Å²) in [6.07, 6.45) is 4.44. The van der Waals surface area contributed by atoms with Crippen LogP contribution in [-0.2, 0) is 0 Å². The Morgan fingerprint density at radius 2 is 2.12 bits per heavy atom. The van der Waals surface area contributed by atoms with E-state index in [0.717, 1.165) is 55.5 Å². The van der Waals surface area contributed by atoms with E-state index >= 15 is 0 Å². The van der Waals surface area contributed by atoms with Gasteiger partial charge in [0.2, 0.25) is 0 Å². The van der Waals surface area contributed by atoms with Crippen molar-refractivity contribution in [3.05, 3.63) is 23.0 Å². The summed E-state index contributed by atoms with van der Waals surface area (Å²) in [7, 11) is 0. The molecule has 2 fully saturated rings. The largest absolute Gasteiger partial charge is 0.351 e. The zero-order chi connectivity index (χ0) is 16.7. The number of piperidine rings is 1. The molecule has 0 atom stereocenters. The molecule has 2 aromatic rings. The average molecular weight is 365 g/mol. The predicted octanol–water partition coefficient (Wildman–Crippen LogP) is 2.95. The van der Waals surface area contributed by atoms with Crippen LogP contribution in [0.3, 0.4) is 0 Å². The minimum atomic E-state index is -0.0460. The lowest BCUT2D eigenvalue weighted by Gasteiger charge is -2.34. The second-order valence-electron chi connectivity index (χ2n) is 7.56. The van der Waals surface area contributed by atoms with Crippen molar-refractivity contribution in [3.63, 3.8) is 0 Å². The summed E-state index contributed by atoms with van der Waals surface area (Å²) in [5, 5.41) is 11.3. The Morgan fingerprint density at radius 1 is 1.40 bits per heavy atom. The monoisotopic (exact) mass is 364 g/mol. The maximum absolute atomic E-state index is 12.9. The lowest BCUT2D eigenvalue weighted by Crippen LogP contribution is -2.43. The van der Waals surface area contributed by atoms with Crippen LogP contribution in [0.25, 0.3) is 11.1 Å². The van der Waals surface area contributed by atoms with E-state index in [9.17, 15) is 4.79 Å². The van der Waals surface area contributed by atoms with Crippen LogP contribution in [0.5, 0.6) is 0 Å². The SMILES string of the molecule is Cc1noc2nc(C3CC3)cc(C(=O)NCC3(C)CCNCC3)c12.Cl. The first-order chi connectivity index (χ1) is 11.6. The fraction of sp³-hybridized carbons (Fsp3) is 0.611. The van der Waals surface area contributed by atoms with Crippen molar-refractivity contribution in [1.82, 2.24) is 20.8 Å². The Hall–Kier alpha value is -1.66. The molecule has 0 spiro atoms. The van der Waals surface area contributed by atoms with Gasteiger partial charge in [-0.15, -0.1) is 12.4 Å². The number of hydrogen-bond donors (Lipinski definition) is 2. The molecular weight excluding hydrogens is 340 g/mol. The smallest absolute Gasteiger partial charge is 0.259 e. The maximum Gasteiger partial charge on any atom is 0.259 e. The van der Waals surface area contributed by atoms with Gasteiger partial charge in [-0.05, 0) is 57.2 Å². The number of hydrogen-bond acceptors (Lipinski definition) is 5. The van der Waals surface area contributed by atoms with E-state index < -0.39 is 0 Å². The second kappa shape index (κ2) is 6.92. The molecular formula is C18H25ClN4O2. The molecule has 6 nitrogen and oxygen atoms in total. The fourth-order valence-corrected chi connectivity index (χ4v) is 3.48. The Balaban J connectivity index is 0.00000182. The lowest BCUT2D eigenvalue weighted by molar-refractivity contribution is 0.0923. The number of nitrogens with zero attached hydrogens (tertiary/aromatic N) is 2. The van der Waals surface area contributed by atoms with E-state index in [1.54, 1.807) is 0 Å². The standard InChI is InChI=1S/C18H24N4O2.ClH/c1-11-15-13(9-14(12-3-4-12)21-17(15)24-22-11)16(23)20-10-18(2)5-7-19-8-6-18;/h9,12,19H,3-8,10H2,1-2H3,(H,20,23);1H. The van der Waals surface area contributed by atoms with Gasteiger partial charge in [-0.3, -0.25) is 4.79 Å². The molecule has 0 aromatic carbocycles. The molecule has 25 heavy (non-hydrogen) atoms. The highest BCUT2D eigenvalue weighted by Gasteiger charge is 2.30. The van der Waals surface area contributed by atoms with Crippen LogP contribution in [0.4, 0.5) is 0 Å². The van der Waals surface area contributed by atoms with Crippen LogP contribution in [0.15, 0.2) is 10.6 Å². The van der Waals surface area contributed by atoms with Gasteiger partial charge < -0.3 is 15.2 Å². The summed E-state index contributed by atoms with van der Waals surface area (Å²) >= 11 is 0. The number of aryl methyl sites for hydroxylation is 1. The molecule has 1 saturated carbocycles. The van der Waals surface area contributed by atoms with Gasteiger partial charge in [0.1, 0.15) is 0 Å². The number of carbonyl (C=O) groups excluding carboxylic acids is 1. The first-order valence-corrected chi connectivity index (χ1v) is 8.82. The molecule has 1 aliphatic carbocycles. The predicted molar refractivity (Wildman–Crippen MR) is 98.3 cm³/mol. The molecule has 0 bridgehead atoms. The summed E-state index contributed by atoms with van der Waals surface area (Å²) in [5.41, 5.74) is 2.97. The molecule has 7 heteroatoms. The number of halogens is 1. The molecule has 2 N–H and O–H groups in total. The molecule has 1 amide bonds. The number of fused-ring (bicyclic) bond motifs is 1. The second-order valence-corrected chi connectivity index (χ2v) is 7.56. The van der Waals surface area contributed by atoms with Crippen molar-refractivity contribution in [1.29, 1.82) is 0 Å².